The lowest BCUT2D eigenvalue weighted by Gasteiger charge is -2.04. The second kappa shape index (κ2) is 4.62. The first-order chi connectivity index (χ1) is 5.83. The van der Waals surface area contributed by atoms with E-state index in [1.165, 1.54) is 0 Å². The van der Waals surface area contributed by atoms with E-state index in [0.29, 0.717) is 0 Å². The summed E-state index contributed by atoms with van der Waals surface area (Å²) in [6.45, 7) is 1.64. The SMILES string of the molecule is NCCCNc1ccc(N)cc1. The molecule has 0 spiro atoms. The van der Waals surface area contributed by atoms with Crippen LogP contribution in [0.3, 0.4) is 0 Å². The topological polar surface area (TPSA) is 64.1 Å². The molecular formula is C9H15N3. The zero-order valence-corrected chi connectivity index (χ0v) is 7.09. The van der Waals surface area contributed by atoms with Crippen LogP contribution in [0, 0.1) is 0 Å². The van der Waals surface area contributed by atoms with E-state index in [2.05, 4.69) is 5.32 Å². The highest BCUT2D eigenvalue weighted by molar-refractivity contribution is 5.50. The summed E-state index contributed by atoms with van der Waals surface area (Å²) in [5, 5.41) is 3.24. The number of hydrogen-bond acceptors (Lipinski definition) is 3. The molecular weight excluding hydrogens is 150 g/mol. The average molecular weight is 165 g/mol. The highest BCUT2D eigenvalue weighted by Gasteiger charge is 1.89. The lowest BCUT2D eigenvalue weighted by molar-refractivity contribution is 0.874. The summed E-state index contributed by atoms with van der Waals surface area (Å²) in [4.78, 5) is 0. The van der Waals surface area contributed by atoms with Gasteiger partial charge in [0.15, 0.2) is 0 Å². The van der Waals surface area contributed by atoms with E-state index in [4.69, 9.17) is 11.5 Å². The summed E-state index contributed by atoms with van der Waals surface area (Å²) in [6.07, 6.45) is 0.990. The Morgan fingerprint density at radius 3 is 2.42 bits per heavy atom. The number of nitrogen functional groups attached to an aromatic ring is 1. The fourth-order valence-corrected chi connectivity index (χ4v) is 0.936. The highest BCUT2D eigenvalue weighted by Crippen LogP contribution is 2.09. The Hall–Kier alpha value is -1.22. The fraction of sp³-hybridized carbons (Fsp3) is 0.333. The summed E-state index contributed by atoms with van der Waals surface area (Å²) in [5.41, 5.74) is 12.8. The minimum absolute atomic E-state index is 0.724. The molecule has 66 valence electrons. The van der Waals surface area contributed by atoms with Crippen molar-refractivity contribution in [2.75, 3.05) is 24.1 Å². The monoisotopic (exact) mass is 165 g/mol. The molecule has 1 aromatic rings. The molecule has 1 rings (SSSR count). The van der Waals surface area contributed by atoms with Gasteiger partial charge in [0.05, 0.1) is 0 Å². The molecule has 0 saturated heterocycles. The van der Waals surface area contributed by atoms with Gasteiger partial charge in [-0.1, -0.05) is 0 Å². The number of nitrogens with one attached hydrogen (secondary N) is 1. The molecule has 0 unspecified atom stereocenters. The van der Waals surface area contributed by atoms with Gasteiger partial charge in [-0.15, -0.1) is 0 Å². The Labute approximate surface area is 72.8 Å². The number of rotatable bonds is 4. The van der Waals surface area contributed by atoms with Crippen LogP contribution < -0.4 is 16.8 Å². The van der Waals surface area contributed by atoms with Crippen LogP contribution in [0.4, 0.5) is 11.4 Å². The van der Waals surface area contributed by atoms with Crippen LogP contribution in [0.2, 0.25) is 0 Å². The van der Waals surface area contributed by atoms with Gasteiger partial charge in [-0.05, 0) is 37.2 Å². The summed E-state index contributed by atoms with van der Waals surface area (Å²) < 4.78 is 0. The molecule has 0 fully saturated rings. The molecule has 3 heteroatoms. The van der Waals surface area contributed by atoms with Crippen molar-refractivity contribution < 1.29 is 0 Å². The van der Waals surface area contributed by atoms with Crippen LogP contribution >= 0.6 is 0 Å². The van der Waals surface area contributed by atoms with Crippen molar-refractivity contribution in [3.63, 3.8) is 0 Å². The minimum atomic E-state index is 0.724. The molecule has 3 nitrogen and oxygen atoms in total. The van der Waals surface area contributed by atoms with E-state index >= 15 is 0 Å². The molecule has 0 saturated carbocycles. The third-order valence-corrected chi connectivity index (χ3v) is 1.62. The Balaban J connectivity index is 2.37. The Kier molecular flexibility index (Phi) is 3.41. The number of nitrogens with two attached hydrogens (primary N) is 2. The first-order valence-corrected chi connectivity index (χ1v) is 4.12. The van der Waals surface area contributed by atoms with Crippen LogP contribution in [0.15, 0.2) is 24.3 Å². The van der Waals surface area contributed by atoms with Crippen molar-refractivity contribution in [2.45, 2.75) is 6.42 Å². The maximum atomic E-state index is 5.53. The first-order valence-electron chi connectivity index (χ1n) is 4.12. The van der Waals surface area contributed by atoms with Gasteiger partial charge in [0.2, 0.25) is 0 Å². The van der Waals surface area contributed by atoms with Gasteiger partial charge in [0.25, 0.3) is 0 Å². The smallest absolute Gasteiger partial charge is 0.0341 e. The van der Waals surface area contributed by atoms with Crippen molar-refractivity contribution in [1.82, 2.24) is 0 Å². The van der Waals surface area contributed by atoms with E-state index in [-0.39, 0.29) is 0 Å². The van der Waals surface area contributed by atoms with E-state index in [1.54, 1.807) is 0 Å². The second-order valence-electron chi connectivity index (χ2n) is 2.69. The van der Waals surface area contributed by atoms with Gasteiger partial charge >= 0.3 is 0 Å². The quantitative estimate of drug-likeness (QED) is 0.461. The van der Waals surface area contributed by atoms with Crippen molar-refractivity contribution in [1.29, 1.82) is 0 Å². The summed E-state index contributed by atoms with van der Waals surface area (Å²) in [6, 6.07) is 7.69. The predicted octanol–water partition coefficient (Wildman–Crippen LogP) is 1.03. The molecule has 12 heavy (non-hydrogen) atoms. The zero-order chi connectivity index (χ0) is 8.81. The van der Waals surface area contributed by atoms with E-state index in [1.807, 2.05) is 24.3 Å². The molecule has 0 atom stereocenters. The highest BCUT2D eigenvalue weighted by atomic mass is 14.9. The van der Waals surface area contributed by atoms with Crippen LogP contribution in [-0.4, -0.2) is 13.1 Å². The first kappa shape index (κ1) is 8.87. The van der Waals surface area contributed by atoms with Crippen molar-refractivity contribution in [3.05, 3.63) is 24.3 Å². The summed E-state index contributed by atoms with van der Waals surface area (Å²) >= 11 is 0. The van der Waals surface area contributed by atoms with Gasteiger partial charge in [-0.2, -0.15) is 0 Å². The maximum absolute atomic E-state index is 5.53. The zero-order valence-electron chi connectivity index (χ0n) is 7.09. The summed E-state index contributed by atoms with van der Waals surface area (Å²) in [7, 11) is 0. The van der Waals surface area contributed by atoms with Crippen LogP contribution in [0.1, 0.15) is 6.42 Å². The lowest BCUT2D eigenvalue weighted by atomic mass is 10.3. The third kappa shape index (κ3) is 2.80. The molecule has 0 radical (unpaired) electrons. The number of anilines is 2. The van der Waals surface area contributed by atoms with Gasteiger partial charge in [0, 0.05) is 17.9 Å². The largest absolute Gasteiger partial charge is 0.399 e. The van der Waals surface area contributed by atoms with E-state index in [9.17, 15) is 0 Å². The molecule has 0 bridgehead atoms. The average Bonchev–Trinajstić information content (AvgIpc) is 2.09. The van der Waals surface area contributed by atoms with Crippen molar-refractivity contribution in [3.8, 4) is 0 Å². The minimum Gasteiger partial charge on any atom is -0.399 e. The van der Waals surface area contributed by atoms with E-state index < -0.39 is 0 Å². The third-order valence-electron chi connectivity index (χ3n) is 1.62. The van der Waals surface area contributed by atoms with Crippen LogP contribution in [-0.2, 0) is 0 Å². The van der Waals surface area contributed by atoms with Crippen LogP contribution in [0.5, 0.6) is 0 Å². The number of hydrogen-bond donors (Lipinski definition) is 3. The van der Waals surface area contributed by atoms with Gasteiger partial charge in [-0.25, -0.2) is 0 Å². The van der Waals surface area contributed by atoms with Gasteiger partial charge < -0.3 is 16.8 Å². The number of benzene rings is 1. The van der Waals surface area contributed by atoms with Gasteiger partial charge in [0.1, 0.15) is 0 Å². The molecule has 0 aromatic heterocycles. The molecule has 0 amide bonds. The standard InChI is InChI=1S/C9H15N3/c10-6-1-7-12-9-4-2-8(11)3-5-9/h2-5,12H,1,6-7,10-11H2. The Morgan fingerprint density at radius 1 is 1.17 bits per heavy atom. The van der Waals surface area contributed by atoms with Crippen molar-refractivity contribution in [2.24, 2.45) is 5.73 Å². The molecule has 1 aromatic carbocycles. The Bertz CT molecular complexity index is 218. The Morgan fingerprint density at radius 2 is 1.83 bits per heavy atom. The van der Waals surface area contributed by atoms with Crippen molar-refractivity contribution >= 4 is 11.4 Å². The molecule has 0 aliphatic carbocycles. The second-order valence-corrected chi connectivity index (χ2v) is 2.69. The van der Waals surface area contributed by atoms with E-state index in [0.717, 1.165) is 30.9 Å². The molecule has 5 N–H and O–H groups in total. The maximum Gasteiger partial charge on any atom is 0.0341 e. The predicted molar refractivity (Wildman–Crippen MR) is 53.0 cm³/mol. The molecule has 0 aliphatic heterocycles. The van der Waals surface area contributed by atoms with Crippen LogP contribution in [0.25, 0.3) is 0 Å². The molecule has 0 heterocycles. The lowest BCUT2D eigenvalue weighted by Crippen LogP contribution is -2.08. The summed E-state index contributed by atoms with van der Waals surface area (Å²) in [5.74, 6) is 0. The molecule has 0 aliphatic rings. The van der Waals surface area contributed by atoms with Gasteiger partial charge in [-0.3, -0.25) is 0 Å². The normalized spacial score (nSPS) is 9.75. The fourth-order valence-electron chi connectivity index (χ4n) is 0.936.